The highest BCUT2D eigenvalue weighted by Gasteiger charge is 2.30. The minimum Gasteiger partial charge on any atom is -0.299 e. The summed E-state index contributed by atoms with van der Waals surface area (Å²) in [4.78, 5) is 23.9. The third kappa shape index (κ3) is 1.68. The van der Waals surface area contributed by atoms with Crippen molar-refractivity contribution >= 4 is 34.8 Å². The standard InChI is InChI=1S/C10H8ClN2O2/c11-7-2-1-6(5-8(7)12)13-9(14)3-4-10(13)15/h1-2,5,12H,3-4H2. The minimum absolute atomic E-state index is 0.113. The number of carbonyl (C=O) groups excluding carboxylic acids is 2. The lowest BCUT2D eigenvalue weighted by atomic mass is 10.2. The van der Waals surface area contributed by atoms with Gasteiger partial charge in [0.2, 0.25) is 11.8 Å². The Bertz CT molecular complexity index is 429. The van der Waals surface area contributed by atoms with E-state index >= 15 is 0 Å². The number of hydrogen-bond donors (Lipinski definition) is 0. The number of anilines is 1. The number of nitrogens with zero attached hydrogens (tertiary/aromatic N) is 1. The molecule has 2 amide bonds. The smallest absolute Gasteiger partial charge is 0.234 e. The molecule has 1 fully saturated rings. The number of imide groups is 1. The van der Waals surface area contributed by atoms with Crippen molar-refractivity contribution in [3.05, 3.63) is 23.2 Å². The van der Waals surface area contributed by atoms with Gasteiger partial charge in [0, 0.05) is 12.8 Å². The molecule has 0 aliphatic carbocycles. The fraction of sp³-hybridized carbons (Fsp3) is 0.200. The molecule has 1 radical (unpaired) electrons. The molecule has 1 aliphatic rings. The summed E-state index contributed by atoms with van der Waals surface area (Å²) in [5.74, 6) is -0.441. The van der Waals surface area contributed by atoms with E-state index < -0.39 is 0 Å². The third-order valence-corrected chi connectivity index (χ3v) is 2.59. The fourth-order valence-corrected chi connectivity index (χ4v) is 1.63. The maximum atomic E-state index is 11.4. The second kappa shape index (κ2) is 3.55. The second-order valence-corrected chi connectivity index (χ2v) is 3.69. The highest BCUT2D eigenvalue weighted by atomic mass is 35.5. The Morgan fingerprint density at radius 2 is 1.80 bits per heavy atom. The number of halogens is 1. The van der Waals surface area contributed by atoms with Crippen LogP contribution in [-0.2, 0) is 9.59 Å². The molecule has 0 bridgehead atoms. The van der Waals surface area contributed by atoms with Crippen molar-refractivity contribution in [1.29, 1.82) is 0 Å². The predicted molar refractivity (Wildman–Crippen MR) is 55.9 cm³/mol. The van der Waals surface area contributed by atoms with Crippen molar-refractivity contribution in [3.8, 4) is 0 Å². The van der Waals surface area contributed by atoms with Crippen LogP contribution in [0.3, 0.4) is 0 Å². The lowest BCUT2D eigenvalue weighted by molar-refractivity contribution is -0.121. The van der Waals surface area contributed by atoms with E-state index in [0.29, 0.717) is 10.7 Å². The van der Waals surface area contributed by atoms with Gasteiger partial charge < -0.3 is 0 Å². The van der Waals surface area contributed by atoms with Crippen LogP contribution >= 0.6 is 11.6 Å². The Kier molecular flexibility index (Phi) is 2.36. The first-order valence-electron chi connectivity index (χ1n) is 4.46. The fourth-order valence-electron chi connectivity index (χ4n) is 1.52. The monoisotopic (exact) mass is 223 g/mol. The van der Waals surface area contributed by atoms with Crippen LogP contribution in [0, 0.1) is 0 Å². The molecule has 1 aromatic rings. The summed E-state index contributed by atoms with van der Waals surface area (Å²) in [6.45, 7) is 0. The number of hydrogen-bond acceptors (Lipinski definition) is 2. The van der Waals surface area contributed by atoms with Crippen LogP contribution in [0.15, 0.2) is 18.2 Å². The van der Waals surface area contributed by atoms with Crippen LogP contribution in [0.25, 0.3) is 0 Å². The topological polar surface area (TPSA) is 61.2 Å². The zero-order chi connectivity index (χ0) is 11.0. The maximum Gasteiger partial charge on any atom is 0.234 e. The van der Waals surface area contributed by atoms with Crippen molar-refractivity contribution in [3.63, 3.8) is 0 Å². The summed E-state index contributed by atoms with van der Waals surface area (Å²) < 4.78 is 0. The molecule has 0 spiro atoms. The van der Waals surface area contributed by atoms with Gasteiger partial charge >= 0.3 is 0 Å². The Morgan fingerprint density at radius 3 is 2.33 bits per heavy atom. The van der Waals surface area contributed by atoms with Crippen LogP contribution in [0.4, 0.5) is 11.4 Å². The second-order valence-electron chi connectivity index (χ2n) is 3.29. The normalized spacial score (nSPS) is 16.2. The van der Waals surface area contributed by atoms with Gasteiger partial charge in [-0.25, -0.2) is 0 Å². The van der Waals surface area contributed by atoms with Gasteiger partial charge in [0.05, 0.1) is 16.4 Å². The first-order valence-corrected chi connectivity index (χ1v) is 4.84. The SMILES string of the molecule is [NH]c1cc(N2C(=O)CCC2=O)ccc1Cl. The Hall–Kier alpha value is -1.55. The molecule has 0 saturated carbocycles. The molecule has 5 heteroatoms. The number of nitrogens with one attached hydrogen (secondary N) is 1. The average Bonchev–Trinajstić information content (AvgIpc) is 2.52. The molecule has 0 aromatic heterocycles. The number of benzene rings is 1. The van der Waals surface area contributed by atoms with Crippen molar-refractivity contribution < 1.29 is 9.59 Å². The highest BCUT2D eigenvalue weighted by molar-refractivity contribution is 6.33. The van der Waals surface area contributed by atoms with Crippen molar-refractivity contribution in [2.24, 2.45) is 0 Å². The summed E-state index contributed by atoms with van der Waals surface area (Å²) in [6.07, 6.45) is 0.490. The van der Waals surface area contributed by atoms with Gasteiger partial charge in [0.25, 0.3) is 0 Å². The zero-order valence-corrected chi connectivity index (χ0v) is 8.54. The molecule has 1 saturated heterocycles. The van der Waals surface area contributed by atoms with Gasteiger partial charge in [0.1, 0.15) is 0 Å². The molecular weight excluding hydrogens is 216 g/mol. The quantitative estimate of drug-likeness (QED) is 0.683. The molecule has 0 atom stereocenters. The van der Waals surface area contributed by atoms with Crippen LogP contribution in [0.1, 0.15) is 12.8 Å². The molecule has 15 heavy (non-hydrogen) atoms. The van der Waals surface area contributed by atoms with Gasteiger partial charge in [-0.1, -0.05) is 11.6 Å². The molecule has 1 N–H and O–H groups in total. The molecule has 1 aromatic carbocycles. The summed E-state index contributed by atoms with van der Waals surface area (Å²) in [5.41, 5.74) is 8.02. The van der Waals surface area contributed by atoms with Gasteiger partial charge in [-0.05, 0) is 18.2 Å². The lowest BCUT2D eigenvalue weighted by Crippen LogP contribution is -2.28. The predicted octanol–water partition coefficient (Wildman–Crippen LogP) is 1.91. The third-order valence-electron chi connectivity index (χ3n) is 2.26. The Balaban J connectivity index is 2.41. The first kappa shape index (κ1) is 9.98. The molecule has 4 nitrogen and oxygen atoms in total. The van der Waals surface area contributed by atoms with E-state index in [2.05, 4.69) is 0 Å². The number of rotatable bonds is 1. The van der Waals surface area contributed by atoms with Gasteiger partial charge in [-0.3, -0.25) is 20.2 Å². The molecule has 2 rings (SSSR count). The van der Waals surface area contributed by atoms with E-state index in [-0.39, 0.29) is 30.3 Å². The molecule has 77 valence electrons. The van der Waals surface area contributed by atoms with Crippen molar-refractivity contribution in [1.82, 2.24) is 5.73 Å². The molecule has 1 aliphatic heterocycles. The van der Waals surface area contributed by atoms with E-state index in [1.165, 1.54) is 12.1 Å². The molecule has 1 heterocycles. The Labute approximate surface area is 91.6 Å². The largest absolute Gasteiger partial charge is 0.299 e. The van der Waals surface area contributed by atoms with Crippen LogP contribution in [0.2, 0.25) is 5.02 Å². The van der Waals surface area contributed by atoms with E-state index in [1.807, 2.05) is 0 Å². The Morgan fingerprint density at radius 1 is 1.20 bits per heavy atom. The van der Waals surface area contributed by atoms with Crippen LogP contribution < -0.4 is 10.6 Å². The van der Waals surface area contributed by atoms with E-state index in [4.69, 9.17) is 17.3 Å². The van der Waals surface area contributed by atoms with Gasteiger partial charge in [0.15, 0.2) is 0 Å². The maximum absolute atomic E-state index is 11.4. The van der Waals surface area contributed by atoms with Gasteiger partial charge in [-0.2, -0.15) is 0 Å². The summed E-state index contributed by atoms with van der Waals surface area (Å²) in [5, 5.41) is 0.304. The van der Waals surface area contributed by atoms with E-state index in [0.717, 1.165) is 4.90 Å². The summed E-state index contributed by atoms with van der Waals surface area (Å²) in [6, 6.07) is 4.50. The average molecular weight is 224 g/mol. The summed E-state index contributed by atoms with van der Waals surface area (Å²) in [7, 11) is 0. The summed E-state index contributed by atoms with van der Waals surface area (Å²) >= 11 is 5.68. The number of amides is 2. The lowest BCUT2D eigenvalue weighted by Gasteiger charge is -2.14. The highest BCUT2D eigenvalue weighted by Crippen LogP contribution is 2.29. The van der Waals surface area contributed by atoms with Crippen LogP contribution in [-0.4, -0.2) is 11.8 Å². The minimum atomic E-state index is -0.221. The van der Waals surface area contributed by atoms with Crippen LogP contribution in [0.5, 0.6) is 0 Å². The van der Waals surface area contributed by atoms with Crippen molar-refractivity contribution in [2.45, 2.75) is 12.8 Å². The molecular formula is C10H8ClN2O2. The zero-order valence-electron chi connectivity index (χ0n) is 7.79. The van der Waals surface area contributed by atoms with Gasteiger partial charge in [-0.15, -0.1) is 0 Å². The van der Waals surface area contributed by atoms with Crippen molar-refractivity contribution in [2.75, 3.05) is 4.90 Å². The number of carbonyl (C=O) groups is 2. The van der Waals surface area contributed by atoms with E-state index in [1.54, 1.807) is 6.07 Å². The van der Waals surface area contributed by atoms with E-state index in [9.17, 15) is 9.59 Å². The first-order chi connectivity index (χ1) is 7.09. The molecule has 0 unspecified atom stereocenters.